The van der Waals surface area contributed by atoms with Crippen molar-refractivity contribution in [2.24, 2.45) is 0 Å². The third-order valence-corrected chi connectivity index (χ3v) is 4.27. The molecule has 150 valence electrons. The monoisotopic (exact) mass is 393 g/mol. The Morgan fingerprint density at radius 3 is 2.00 bits per heavy atom. The number of carbonyl (C=O) groups is 1. The number of nitrogens with zero attached hydrogens (tertiary/aromatic N) is 1. The van der Waals surface area contributed by atoms with Crippen LogP contribution in [0.2, 0.25) is 0 Å². The van der Waals surface area contributed by atoms with E-state index >= 15 is 0 Å². The molecule has 1 heterocycles. The zero-order chi connectivity index (χ0) is 20.8. The fourth-order valence-electron chi connectivity index (χ4n) is 2.74. The Balaban J connectivity index is 1.73. The van der Waals surface area contributed by atoms with Gasteiger partial charge < -0.3 is 24.8 Å². The molecule has 2 N–H and O–H groups in total. The molecule has 29 heavy (non-hydrogen) atoms. The Labute approximate surface area is 169 Å². The summed E-state index contributed by atoms with van der Waals surface area (Å²) in [5.41, 5.74) is 3.07. The van der Waals surface area contributed by atoms with Crippen molar-refractivity contribution >= 4 is 23.1 Å². The number of ether oxygens (including phenoxy) is 3. The zero-order valence-electron chi connectivity index (χ0n) is 16.8. The van der Waals surface area contributed by atoms with Gasteiger partial charge in [0.25, 0.3) is 5.91 Å². The minimum Gasteiger partial charge on any atom is -0.493 e. The number of aromatic nitrogens is 1. The molecule has 0 bridgehead atoms. The van der Waals surface area contributed by atoms with E-state index in [1.807, 2.05) is 31.2 Å². The second-order valence-corrected chi connectivity index (χ2v) is 6.29. The van der Waals surface area contributed by atoms with E-state index in [4.69, 9.17) is 14.2 Å². The van der Waals surface area contributed by atoms with Crippen molar-refractivity contribution in [1.29, 1.82) is 0 Å². The van der Waals surface area contributed by atoms with E-state index in [1.165, 1.54) is 26.9 Å². The van der Waals surface area contributed by atoms with Gasteiger partial charge in [0, 0.05) is 11.3 Å². The maximum absolute atomic E-state index is 12.7. The number of carbonyl (C=O) groups excluding carboxylic acids is 1. The van der Waals surface area contributed by atoms with E-state index in [1.54, 1.807) is 30.5 Å². The molecule has 0 saturated carbocycles. The highest BCUT2D eigenvalue weighted by Gasteiger charge is 2.17. The van der Waals surface area contributed by atoms with Crippen molar-refractivity contribution in [3.8, 4) is 17.2 Å². The molecule has 0 radical (unpaired) electrons. The van der Waals surface area contributed by atoms with Crippen molar-refractivity contribution in [1.82, 2.24) is 4.98 Å². The van der Waals surface area contributed by atoms with Crippen molar-refractivity contribution in [3.05, 3.63) is 65.9 Å². The largest absolute Gasteiger partial charge is 0.493 e. The van der Waals surface area contributed by atoms with Gasteiger partial charge in [-0.15, -0.1) is 0 Å². The van der Waals surface area contributed by atoms with Gasteiger partial charge in [-0.2, -0.15) is 0 Å². The van der Waals surface area contributed by atoms with Gasteiger partial charge in [0.2, 0.25) is 5.75 Å². The van der Waals surface area contributed by atoms with Crippen molar-refractivity contribution in [2.45, 2.75) is 6.92 Å². The Hall–Kier alpha value is -3.74. The number of hydrogen-bond acceptors (Lipinski definition) is 6. The highest BCUT2D eigenvalue weighted by Crippen LogP contribution is 2.38. The van der Waals surface area contributed by atoms with Gasteiger partial charge >= 0.3 is 0 Å². The van der Waals surface area contributed by atoms with E-state index in [0.29, 0.717) is 34.3 Å². The number of nitrogens with one attached hydrogen (secondary N) is 2. The third-order valence-electron chi connectivity index (χ3n) is 4.27. The van der Waals surface area contributed by atoms with Crippen molar-refractivity contribution < 1.29 is 19.0 Å². The van der Waals surface area contributed by atoms with Crippen LogP contribution in [-0.4, -0.2) is 32.2 Å². The molecular weight excluding hydrogens is 370 g/mol. The lowest BCUT2D eigenvalue weighted by molar-refractivity contribution is 0.102. The van der Waals surface area contributed by atoms with Gasteiger partial charge in [0.1, 0.15) is 5.82 Å². The van der Waals surface area contributed by atoms with E-state index in [0.717, 1.165) is 5.69 Å². The molecule has 1 amide bonds. The topological polar surface area (TPSA) is 81.7 Å². The summed E-state index contributed by atoms with van der Waals surface area (Å²) in [6, 6.07) is 14.8. The lowest BCUT2D eigenvalue weighted by Crippen LogP contribution is -2.13. The van der Waals surface area contributed by atoms with Crippen LogP contribution in [0.25, 0.3) is 0 Å². The summed E-state index contributed by atoms with van der Waals surface area (Å²) >= 11 is 0. The smallest absolute Gasteiger partial charge is 0.255 e. The standard InChI is InChI=1S/C22H23N3O4/c1-14-5-7-16(8-6-14)24-20-10-9-17(13-23-20)25-22(26)15-11-18(27-2)21(29-4)19(12-15)28-3/h5-13H,1-4H3,(H,23,24)(H,25,26). The Morgan fingerprint density at radius 1 is 0.862 bits per heavy atom. The minimum atomic E-state index is -0.315. The number of aryl methyl sites for hydroxylation is 1. The normalized spacial score (nSPS) is 10.2. The first-order valence-corrected chi connectivity index (χ1v) is 8.95. The Kier molecular flexibility index (Phi) is 6.19. The zero-order valence-corrected chi connectivity index (χ0v) is 16.8. The first kappa shape index (κ1) is 20.0. The van der Waals surface area contributed by atoms with Crippen LogP contribution in [0.4, 0.5) is 17.2 Å². The quantitative estimate of drug-likeness (QED) is 0.619. The lowest BCUT2D eigenvalue weighted by atomic mass is 10.1. The molecule has 0 aliphatic heterocycles. The predicted molar refractivity (Wildman–Crippen MR) is 113 cm³/mol. The summed E-state index contributed by atoms with van der Waals surface area (Å²) in [5, 5.41) is 6.03. The van der Waals surface area contributed by atoms with Crippen LogP contribution in [0.3, 0.4) is 0 Å². The van der Waals surface area contributed by atoms with Gasteiger partial charge in [-0.05, 0) is 43.3 Å². The van der Waals surface area contributed by atoms with Crippen LogP contribution >= 0.6 is 0 Å². The summed E-state index contributed by atoms with van der Waals surface area (Å²) in [6.07, 6.45) is 1.59. The molecule has 2 aromatic carbocycles. The van der Waals surface area contributed by atoms with Gasteiger partial charge in [-0.1, -0.05) is 17.7 Å². The van der Waals surface area contributed by atoms with Crippen molar-refractivity contribution in [3.63, 3.8) is 0 Å². The van der Waals surface area contributed by atoms with E-state index < -0.39 is 0 Å². The average Bonchev–Trinajstić information content (AvgIpc) is 2.75. The minimum absolute atomic E-state index is 0.315. The number of anilines is 3. The maximum Gasteiger partial charge on any atom is 0.255 e. The fourth-order valence-corrected chi connectivity index (χ4v) is 2.74. The summed E-state index contributed by atoms with van der Waals surface area (Å²) < 4.78 is 15.9. The molecule has 0 spiro atoms. The summed E-state index contributed by atoms with van der Waals surface area (Å²) in [7, 11) is 4.52. The Morgan fingerprint density at radius 2 is 1.48 bits per heavy atom. The molecule has 0 fully saturated rings. The average molecular weight is 393 g/mol. The lowest BCUT2D eigenvalue weighted by Gasteiger charge is -2.14. The van der Waals surface area contributed by atoms with Crippen molar-refractivity contribution in [2.75, 3.05) is 32.0 Å². The SMILES string of the molecule is COc1cc(C(=O)Nc2ccc(Nc3ccc(C)cc3)nc2)cc(OC)c1OC. The number of hydrogen-bond donors (Lipinski definition) is 2. The van der Waals surface area contributed by atoms with Gasteiger partial charge in [-0.25, -0.2) is 4.98 Å². The number of methoxy groups -OCH3 is 3. The molecule has 0 atom stereocenters. The molecule has 0 aliphatic rings. The second-order valence-electron chi connectivity index (χ2n) is 6.29. The van der Waals surface area contributed by atoms with Crippen LogP contribution in [0.5, 0.6) is 17.2 Å². The number of benzene rings is 2. The molecule has 3 aromatic rings. The van der Waals surface area contributed by atoms with Crippen LogP contribution in [0.15, 0.2) is 54.7 Å². The van der Waals surface area contributed by atoms with Gasteiger partial charge in [0.05, 0.1) is 33.2 Å². The molecular formula is C22H23N3O4. The fraction of sp³-hybridized carbons (Fsp3) is 0.182. The van der Waals surface area contributed by atoms with E-state index in [9.17, 15) is 4.79 Å². The van der Waals surface area contributed by atoms with Gasteiger partial charge in [-0.3, -0.25) is 4.79 Å². The summed E-state index contributed by atoms with van der Waals surface area (Å²) in [5.74, 6) is 1.62. The van der Waals surface area contributed by atoms with E-state index in [2.05, 4.69) is 15.6 Å². The molecule has 0 saturated heterocycles. The number of amides is 1. The Bertz CT molecular complexity index is 961. The third kappa shape index (κ3) is 4.76. The summed E-state index contributed by atoms with van der Waals surface area (Å²) in [6.45, 7) is 2.04. The van der Waals surface area contributed by atoms with Crippen LogP contribution in [0.1, 0.15) is 15.9 Å². The van der Waals surface area contributed by atoms with Crippen LogP contribution in [-0.2, 0) is 0 Å². The van der Waals surface area contributed by atoms with Crippen LogP contribution < -0.4 is 24.8 Å². The summed E-state index contributed by atoms with van der Waals surface area (Å²) in [4.78, 5) is 17.0. The highest BCUT2D eigenvalue weighted by molar-refractivity contribution is 6.05. The number of rotatable bonds is 7. The van der Waals surface area contributed by atoms with E-state index in [-0.39, 0.29) is 5.91 Å². The molecule has 1 aromatic heterocycles. The highest BCUT2D eigenvalue weighted by atomic mass is 16.5. The predicted octanol–water partition coefficient (Wildman–Crippen LogP) is 4.41. The molecule has 0 aliphatic carbocycles. The number of pyridine rings is 1. The molecule has 0 unspecified atom stereocenters. The molecule has 7 heteroatoms. The second kappa shape index (κ2) is 8.97. The first-order valence-electron chi connectivity index (χ1n) is 8.95. The molecule has 7 nitrogen and oxygen atoms in total. The first-order chi connectivity index (χ1) is 14.0. The van der Waals surface area contributed by atoms with Gasteiger partial charge in [0.15, 0.2) is 11.5 Å². The maximum atomic E-state index is 12.7. The molecule has 3 rings (SSSR count). The van der Waals surface area contributed by atoms with Crippen LogP contribution in [0, 0.1) is 6.92 Å².